The molecule has 0 unspecified atom stereocenters. The molecule has 60 valence electrons. The maximum atomic E-state index is 5.53. The Bertz CT molecular complexity index is 87.6. The zero-order chi connectivity index (χ0) is 7.40. The molecule has 2 atom stereocenters. The van der Waals surface area contributed by atoms with Crippen molar-refractivity contribution in [2.45, 2.75) is 31.5 Å². The van der Waals surface area contributed by atoms with E-state index in [1.165, 1.54) is 6.42 Å². The monoisotopic (exact) mass is 144 g/mol. The molecule has 0 aromatic rings. The van der Waals surface area contributed by atoms with Crippen molar-refractivity contribution in [2.75, 3.05) is 13.1 Å². The Balaban J connectivity index is 2.25. The summed E-state index contributed by atoms with van der Waals surface area (Å²) in [6, 6.07) is 0. The summed E-state index contributed by atoms with van der Waals surface area (Å²) in [7, 11) is 0. The van der Waals surface area contributed by atoms with Crippen LogP contribution in [-0.4, -0.2) is 25.3 Å². The Morgan fingerprint density at radius 2 is 1.60 bits per heavy atom. The van der Waals surface area contributed by atoms with Gasteiger partial charge in [0.05, 0.1) is 12.2 Å². The molecule has 3 heteroatoms. The highest BCUT2D eigenvalue weighted by molar-refractivity contribution is 4.71. The molecule has 0 aromatic heterocycles. The second kappa shape index (κ2) is 3.91. The van der Waals surface area contributed by atoms with Crippen LogP contribution in [-0.2, 0) is 4.74 Å². The number of nitrogens with two attached hydrogens (primary N) is 2. The van der Waals surface area contributed by atoms with Crippen molar-refractivity contribution in [3.8, 4) is 0 Å². The maximum Gasteiger partial charge on any atom is 0.0701 e. The van der Waals surface area contributed by atoms with Gasteiger partial charge in [0.25, 0.3) is 0 Å². The van der Waals surface area contributed by atoms with Crippen LogP contribution < -0.4 is 11.5 Å². The molecule has 0 aliphatic carbocycles. The molecule has 0 bridgehead atoms. The van der Waals surface area contributed by atoms with E-state index in [1.54, 1.807) is 0 Å². The average Bonchev–Trinajstić information content (AvgIpc) is 2.05. The SMILES string of the molecule is NC[C@@H]1CCC[C@H](CN)O1. The lowest BCUT2D eigenvalue weighted by Crippen LogP contribution is -2.36. The van der Waals surface area contributed by atoms with E-state index in [0.717, 1.165) is 12.8 Å². The highest BCUT2D eigenvalue weighted by Gasteiger charge is 2.19. The number of hydrogen-bond donors (Lipinski definition) is 2. The Kier molecular flexibility index (Phi) is 3.12. The van der Waals surface area contributed by atoms with Crippen LogP contribution in [0.5, 0.6) is 0 Å². The van der Waals surface area contributed by atoms with Gasteiger partial charge in [-0.15, -0.1) is 0 Å². The van der Waals surface area contributed by atoms with E-state index in [2.05, 4.69) is 0 Å². The first kappa shape index (κ1) is 7.98. The van der Waals surface area contributed by atoms with E-state index in [0.29, 0.717) is 13.1 Å². The van der Waals surface area contributed by atoms with E-state index < -0.39 is 0 Å². The van der Waals surface area contributed by atoms with Gasteiger partial charge in [0.15, 0.2) is 0 Å². The summed E-state index contributed by atoms with van der Waals surface area (Å²) in [5, 5.41) is 0. The molecular weight excluding hydrogens is 128 g/mol. The Morgan fingerprint density at radius 3 is 2.00 bits per heavy atom. The van der Waals surface area contributed by atoms with Crippen molar-refractivity contribution in [2.24, 2.45) is 11.5 Å². The van der Waals surface area contributed by atoms with Gasteiger partial charge in [-0.1, -0.05) is 0 Å². The first-order chi connectivity index (χ1) is 4.86. The average molecular weight is 144 g/mol. The normalized spacial score (nSPS) is 34.2. The molecule has 0 amide bonds. The van der Waals surface area contributed by atoms with Gasteiger partial charge >= 0.3 is 0 Å². The lowest BCUT2D eigenvalue weighted by molar-refractivity contribution is -0.0390. The fourth-order valence-corrected chi connectivity index (χ4v) is 1.33. The fraction of sp³-hybridized carbons (Fsp3) is 1.00. The smallest absolute Gasteiger partial charge is 0.0701 e. The predicted octanol–water partition coefficient (Wildman–Crippen LogP) is -0.159. The second-order valence-corrected chi connectivity index (χ2v) is 2.78. The summed E-state index contributed by atoms with van der Waals surface area (Å²) in [5.41, 5.74) is 10.9. The van der Waals surface area contributed by atoms with Crippen LogP contribution in [0.3, 0.4) is 0 Å². The molecule has 1 heterocycles. The first-order valence-electron chi connectivity index (χ1n) is 3.92. The molecule has 0 saturated carbocycles. The van der Waals surface area contributed by atoms with Gasteiger partial charge in [-0.25, -0.2) is 0 Å². The van der Waals surface area contributed by atoms with Crippen LogP contribution in [0.25, 0.3) is 0 Å². The predicted molar refractivity (Wildman–Crippen MR) is 40.6 cm³/mol. The summed E-state index contributed by atoms with van der Waals surface area (Å²) < 4.78 is 5.53. The summed E-state index contributed by atoms with van der Waals surface area (Å²) in [6.45, 7) is 1.27. The molecule has 1 rings (SSSR count). The molecule has 10 heavy (non-hydrogen) atoms. The molecule has 1 saturated heterocycles. The zero-order valence-corrected chi connectivity index (χ0v) is 6.25. The van der Waals surface area contributed by atoms with E-state index in [1.807, 2.05) is 0 Å². The molecule has 1 fully saturated rings. The van der Waals surface area contributed by atoms with Crippen molar-refractivity contribution < 1.29 is 4.74 Å². The highest BCUT2D eigenvalue weighted by atomic mass is 16.5. The highest BCUT2D eigenvalue weighted by Crippen LogP contribution is 2.16. The van der Waals surface area contributed by atoms with Gasteiger partial charge in [-0.05, 0) is 19.3 Å². The van der Waals surface area contributed by atoms with Gasteiger partial charge in [-0.2, -0.15) is 0 Å². The quantitative estimate of drug-likeness (QED) is 0.566. The van der Waals surface area contributed by atoms with E-state index in [9.17, 15) is 0 Å². The fourth-order valence-electron chi connectivity index (χ4n) is 1.33. The molecule has 1 aliphatic rings. The van der Waals surface area contributed by atoms with Crippen LogP contribution >= 0.6 is 0 Å². The van der Waals surface area contributed by atoms with Gasteiger partial charge in [-0.3, -0.25) is 0 Å². The summed E-state index contributed by atoms with van der Waals surface area (Å²) in [5.74, 6) is 0. The maximum absolute atomic E-state index is 5.53. The topological polar surface area (TPSA) is 61.3 Å². The Morgan fingerprint density at radius 1 is 1.10 bits per heavy atom. The Hall–Kier alpha value is -0.120. The van der Waals surface area contributed by atoms with Gasteiger partial charge in [0.1, 0.15) is 0 Å². The zero-order valence-electron chi connectivity index (χ0n) is 6.25. The third-order valence-corrected chi connectivity index (χ3v) is 1.96. The molecule has 3 nitrogen and oxygen atoms in total. The van der Waals surface area contributed by atoms with E-state index in [4.69, 9.17) is 16.2 Å². The molecule has 0 radical (unpaired) electrons. The van der Waals surface area contributed by atoms with Crippen molar-refractivity contribution >= 4 is 0 Å². The second-order valence-electron chi connectivity index (χ2n) is 2.78. The first-order valence-corrected chi connectivity index (χ1v) is 3.92. The van der Waals surface area contributed by atoms with Crippen molar-refractivity contribution in [3.63, 3.8) is 0 Å². The van der Waals surface area contributed by atoms with Gasteiger partial charge in [0.2, 0.25) is 0 Å². The van der Waals surface area contributed by atoms with Crippen LogP contribution in [0.15, 0.2) is 0 Å². The van der Waals surface area contributed by atoms with Gasteiger partial charge < -0.3 is 16.2 Å². The van der Waals surface area contributed by atoms with E-state index >= 15 is 0 Å². The largest absolute Gasteiger partial charge is 0.372 e. The molecule has 0 aromatic carbocycles. The standard InChI is InChI=1S/C7H16N2O/c8-4-6-2-1-3-7(5-9)10-6/h6-7H,1-5,8-9H2/t6-,7+. The molecule has 0 spiro atoms. The third-order valence-electron chi connectivity index (χ3n) is 1.96. The van der Waals surface area contributed by atoms with E-state index in [-0.39, 0.29) is 12.2 Å². The summed E-state index contributed by atoms with van der Waals surface area (Å²) in [6.07, 6.45) is 3.95. The molecule has 4 N–H and O–H groups in total. The summed E-state index contributed by atoms with van der Waals surface area (Å²) in [4.78, 5) is 0. The Labute approximate surface area is 61.7 Å². The van der Waals surface area contributed by atoms with Gasteiger partial charge in [0, 0.05) is 13.1 Å². The lowest BCUT2D eigenvalue weighted by atomic mass is 10.0. The van der Waals surface area contributed by atoms with Crippen molar-refractivity contribution in [1.29, 1.82) is 0 Å². The summed E-state index contributed by atoms with van der Waals surface area (Å²) >= 11 is 0. The van der Waals surface area contributed by atoms with Crippen molar-refractivity contribution in [1.82, 2.24) is 0 Å². The lowest BCUT2D eigenvalue weighted by Gasteiger charge is -2.28. The van der Waals surface area contributed by atoms with Crippen LogP contribution in [0, 0.1) is 0 Å². The van der Waals surface area contributed by atoms with Crippen LogP contribution in [0.4, 0.5) is 0 Å². The molecule has 1 aliphatic heterocycles. The number of rotatable bonds is 2. The third kappa shape index (κ3) is 1.94. The minimum atomic E-state index is 0.266. The molecular formula is C7H16N2O. The number of ether oxygens (including phenoxy) is 1. The minimum Gasteiger partial charge on any atom is -0.372 e. The number of hydrogen-bond acceptors (Lipinski definition) is 3. The van der Waals surface area contributed by atoms with Crippen molar-refractivity contribution in [3.05, 3.63) is 0 Å². The van der Waals surface area contributed by atoms with Crippen LogP contribution in [0.2, 0.25) is 0 Å². The minimum absolute atomic E-state index is 0.266. The van der Waals surface area contributed by atoms with Crippen LogP contribution in [0.1, 0.15) is 19.3 Å².